The molecule has 0 aromatic heterocycles. The van der Waals surface area contributed by atoms with Gasteiger partial charge < -0.3 is 4.74 Å². The molecule has 0 spiro atoms. The van der Waals surface area contributed by atoms with E-state index in [2.05, 4.69) is 37.1 Å². The van der Waals surface area contributed by atoms with Gasteiger partial charge in [-0.15, -0.1) is 0 Å². The average molecular weight is 163 g/mol. The van der Waals surface area contributed by atoms with Gasteiger partial charge in [0.2, 0.25) is 0 Å². The molecule has 0 bridgehead atoms. The van der Waals surface area contributed by atoms with Crippen LogP contribution in [0.25, 0.3) is 0 Å². The highest BCUT2D eigenvalue weighted by molar-refractivity contribution is 6.08. The van der Waals surface area contributed by atoms with Crippen molar-refractivity contribution in [1.82, 2.24) is 0 Å². The fourth-order valence-corrected chi connectivity index (χ4v) is 1.35. The predicted octanol–water partition coefficient (Wildman–Crippen LogP) is 2.29. The number of aliphatic imine (C=N–C) groups is 1. The molecule has 1 aliphatic carbocycles. The van der Waals surface area contributed by atoms with Gasteiger partial charge in [-0.25, -0.2) is 4.99 Å². The van der Waals surface area contributed by atoms with Gasteiger partial charge in [0, 0.05) is 0 Å². The molecule has 2 nitrogen and oxygen atoms in total. The van der Waals surface area contributed by atoms with Gasteiger partial charge in [0.1, 0.15) is 11.5 Å². The van der Waals surface area contributed by atoms with Crippen LogP contribution in [0, 0.1) is 5.41 Å². The molecular weight excluding hydrogens is 150 g/mol. The maximum atomic E-state index is 5.34. The van der Waals surface area contributed by atoms with Gasteiger partial charge in [0.15, 0.2) is 6.73 Å². The van der Waals surface area contributed by atoms with Crippen LogP contribution < -0.4 is 0 Å². The minimum atomic E-state index is 0.239. The maximum absolute atomic E-state index is 5.34. The van der Waals surface area contributed by atoms with E-state index in [1.54, 1.807) is 0 Å². The number of rotatable bonds is 0. The lowest BCUT2D eigenvalue weighted by Crippen LogP contribution is -2.04. The Morgan fingerprint density at radius 1 is 1.50 bits per heavy atom. The third-order valence-electron chi connectivity index (χ3n) is 2.21. The molecule has 1 aliphatic heterocycles. The summed E-state index contributed by atoms with van der Waals surface area (Å²) in [6, 6.07) is 0. The highest BCUT2D eigenvalue weighted by Gasteiger charge is 2.20. The number of ether oxygens (including phenoxy) is 1. The molecular formula is C10H13NO. The minimum absolute atomic E-state index is 0.239. The Labute approximate surface area is 72.6 Å². The molecule has 0 saturated heterocycles. The van der Waals surface area contributed by atoms with Crippen LogP contribution in [0.2, 0.25) is 0 Å². The van der Waals surface area contributed by atoms with E-state index in [0.717, 1.165) is 17.9 Å². The first-order valence-electron chi connectivity index (χ1n) is 4.24. The van der Waals surface area contributed by atoms with E-state index >= 15 is 0 Å². The molecule has 64 valence electrons. The van der Waals surface area contributed by atoms with E-state index in [1.807, 2.05) is 0 Å². The van der Waals surface area contributed by atoms with Crippen LogP contribution in [0.4, 0.5) is 0 Å². The number of hydrogen-bond donors (Lipinski definition) is 0. The van der Waals surface area contributed by atoms with E-state index < -0.39 is 0 Å². The number of hydrogen-bond acceptors (Lipinski definition) is 2. The minimum Gasteiger partial charge on any atom is -0.469 e. The fourth-order valence-electron chi connectivity index (χ4n) is 1.35. The van der Waals surface area contributed by atoms with Crippen molar-refractivity contribution in [3.63, 3.8) is 0 Å². The summed E-state index contributed by atoms with van der Waals surface area (Å²) < 4.78 is 5.34. The second kappa shape index (κ2) is 2.47. The van der Waals surface area contributed by atoms with E-state index in [0.29, 0.717) is 6.73 Å². The second-order valence-electron chi connectivity index (χ2n) is 3.91. The predicted molar refractivity (Wildman–Crippen MR) is 49.0 cm³/mol. The van der Waals surface area contributed by atoms with Crippen molar-refractivity contribution >= 4 is 5.71 Å². The molecule has 2 rings (SSSR count). The monoisotopic (exact) mass is 163 g/mol. The van der Waals surface area contributed by atoms with Gasteiger partial charge in [-0.3, -0.25) is 0 Å². The Morgan fingerprint density at radius 2 is 2.33 bits per heavy atom. The summed E-state index contributed by atoms with van der Waals surface area (Å²) in [7, 11) is 0. The van der Waals surface area contributed by atoms with E-state index in [-0.39, 0.29) is 5.41 Å². The molecule has 0 N–H and O–H groups in total. The Balaban J connectivity index is 2.34. The van der Waals surface area contributed by atoms with Crippen LogP contribution in [0.3, 0.4) is 0 Å². The van der Waals surface area contributed by atoms with Gasteiger partial charge in [-0.05, 0) is 24.0 Å². The van der Waals surface area contributed by atoms with Gasteiger partial charge in [0.25, 0.3) is 0 Å². The third-order valence-corrected chi connectivity index (χ3v) is 2.21. The Kier molecular flexibility index (Phi) is 1.56. The summed E-state index contributed by atoms with van der Waals surface area (Å²) in [4.78, 5) is 4.22. The summed E-state index contributed by atoms with van der Waals surface area (Å²) in [5.74, 6) is 0.955. The van der Waals surface area contributed by atoms with Gasteiger partial charge >= 0.3 is 0 Å². The van der Waals surface area contributed by atoms with Crippen molar-refractivity contribution in [2.75, 3.05) is 6.73 Å². The zero-order valence-corrected chi connectivity index (χ0v) is 7.50. The third kappa shape index (κ3) is 1.29. The molecule has 0 amide bonds. The Bertz CT molecular complexity index is 284. The van der Waals surface area contributed by atoms with Crippen LogP contribution in [-0.4, -0.2) is 12.4 Å². The standard InChI is InChI=1S/C10H13NO/c1-10(2)5-3-8-9(4-6-10)12-7-11-8/h3-5H,6-7H2,1-2H3. The van der Waals surface area contributed by atoms with Crippen LogP contribution in [0.15, 0.2) is 29.0 Å². The SMILES string of the molecule is CC1(C)C=CC2=NCOC2=CC1. The number of fused-ring (bicyclic) bond motifs is 1. The lowest BCUT2D eigenvalue weighted by Gasteiger charge is -2.15. The summed E-state index contributed by atoms with van der Waals surface area (Å²) in [6.45, 7) is 4.91. The largest absolute Gasteiger partial charge is 0.469 e. The second-order valence-corrected chi connectivity index (χ2v) is 3.91. The van der Waals surface area contributed by atoms with Crippen LogP contribution in [0.1, 0.15) is 20.3 Å². The summed E-state index contributed by atoms with van der Waals surface area (Å²) in [5.41, 5.74) is 1.24. The summed E-state index contributed by atoms with van der Waals surface area (Å²) in [5, 5.41) is 0. The van der Waals surface area contributed by atoms with Crippen molar-refractivity contribution in [2.24, 2.45) is 10.4 Å². The first-order valence-corrected chi connectivity index (χ1v) is 4.24. The normalized spacial score (nSPS) is 25.2. The topological polar surface area (TPSA) is 21.6 Å². The quantitative estimate of drug-likeness (QED) is 0.537. The van der Waals surface area contributed by atoms with Crippen LogP contribution in [-0.2, 0) is 4.74 Å². The van der Waals surface area contributed by atoms with Crippen molar-refractivity contribution in [3.8, 4) is 0 Å². The summed E-state index contributed by atoms with van der Waals surface area (Å²) >= 11 is 0. The molecule has 0 radical (unpaired) electrons. The maximum Gasteiger partial charge on any atom is 0.180 e. The molecule has 2 heteroatoms. The van der Waals surface area contributed by atoms with E-state index in [4.69, 9.17) is 4.74 Å². The van der Waals surface area contributed by atoms with Crippen LogP contribution >= 0.6 is 0 Å². The molecule has 0 aromatic carbocycles. The zero-order valence-electron chi connectivity index (χ0n) is 7.50. The fraction of sp³-hybridized carbons (Fsp3) is 0.500. The number of nitrogens with zero attached hydrogens (tertiary/aromatic N) is 1. The molecule has 1 heterocycles. The molecule has 12 heavy (non-hydrogen) atoms. The molecule has 0 fully saturated rings. The Morgan fingerprint density at radius 3 is 3.17 bits per heavy atom. The molecule has 2 aliphatic rings. The molecule has 0 unspecified atom stereocenters. The first kappa shape index (κ1) is 7.59. The van der Waals surface area contributed by atoms with Crippen LogP contribution in [0.5, 0.6) is 0 Å². The van der Waals surface area contributed by atoms with Gasteiger partial charge in [-0.1, -0.05) is 19.9 Å². The van der Waals surface area contributed by atoms with Crippen molar-refractivity contribution in [3.05, 3.63) is 24.0 Å². The lowest BCUT2D eigenvalue weighted by molar-refractivity contribution is 0.259. The number of allylic oxidation sites excluding steroid dienone is 3. The lowest BCUT2D eigenvalue weighted by atomic mass is 9.90. The first-order chi connectivity index (χ1) is 5.67. The highest BCUT2D eigenvalue weighted by atomic mass is 16.5. The zero-order chi connectivity index (χ0) is 8.60. The summed E-state index contributed by atoms with van der Waals surface area (Å²) in [6.07, 6.45) is 7.42. The van der Waals surface area contributed by atoms with E-state index in [1.165, 1.54) is 0 Å². The van der Waals surface area contributed by atoms with Gasteiger partial charge in [-0.2, -0.15) is 0 Å². The van der Waals surface area contributed by atoms with E-state index in [9.17, 15) is 0 Å². The van der Waals surface area contributed by atoms with Crippen molar-refractivity contribution in [1.29, 1.82) is 0 Å². The van der Waals surface area contributed by atoms with Gasteiger partial charge in [0.05, 0.1) is 0 Å². The molecule has 0 saturated carbocycles. The highest BCUT2D eigenvalue weighted by Crippen LogP contribution is 2.28. The van der Waals surface area contributed by atoms with Crippen molar-refractivity contribution in [2.45, 2.75) is 20.3 Å². The van der Waals surface area contributed by atoms with Crippen molar-refractivity contribution < 1.29 is 4.74 Å². The Hall–Kier alpha value is -1.05. The molecule has 0 atom stereocenters. The smallest absolute Gasteiger partial charge is 0.180 e. The average Bonchev–Trinajstić information content (AvgIpc) is 2.40. The molecule has 0 aromatic rings.